The van der Waals surface area contributed by atoms with Gasteiger partial charge in [0.15, 0.2) is 9.84 Å². The van der Waals surface area contributed by atoms with Crippen LogP contribution in [-0.2, 0) is 38.7 Å². The zero-order chi connectivity index (χ0) is 23.5. The Labute approximate surface area is 191 Å². The fraction of sp³-hybridized carbons (Fsp3) is 0.409. The quantitative estimate of drug-likeness (QED) is 0.537. The lowest BCUT2D eigenvalue weighted by molar-refractivity contribution is -0.115. The topological polar surface area (TPSA) is 135 Å². The Bertz CT molecular complexity index is 1140. The predicted molar refractivity (Wildman–Crippen MR) is 126 cm³/mol. The van der Waals surface area contributed by atoms with Gasteiger partial charge in [0.1, 0.15) is 16.0 Å². The SMILES string of the molecule is CCc1ccc(NC(=O)CS(=O)(=O)C(C)C(=O)Nc2sc3c(c2C(N)=O)CCCC3)cc1. The number of hydrogen-bond acceptors (Lipinski definition) is 6. The summed E-state index contributed by atoms with van der Waals surface area (Å²) in [6.07, 6.45) is 4.26. The Morgan fingerprint density at radius 1 is 1.09 bits per heavy atom. The number of anilines is 2. The summed E-state index contributed by atoms with van der Waals surface area (Å²) < 4.78 is 25.3. The van der Waals surface area contributed by atoms with Crippen LogP contribution in [0.15, 0.2) is 24.3 Å². The van der Waals surface area contributed by atoms with E-state index in [0.29, 0.717) is 12.1 Å². The van der Waals surface area contributed by atoms with E-state index in [1.54, 1.807) is 12.1 Å². The first-order valence-electron chi connectivity index (χ1n) is 10.5. The molecule has 0 saturated carbocycles. The van der Waals surface area contributed by atoms with Crippen molar-refractivity contribution in [3.8, 4) is 0 Å². The second-order valence-corrected chi connectivity index (χ2v) is 11.2. The molecule has 0 spiro atoms. The number of sulfone groups is 1. The van der Waals surface area contributed by atoms with Crippen LogP contribution >= 0.6 is 11.3 Å². The summed E-state index contributed by atoms with van der Waals surface area (Å²) in [4.78, 5) is 37.9. The van der Waals surface area contributed by atoms with Gasteiger partial charge in [0.2, 0.25) is 11.8 Å². The van der Waals surface area contributed by atoms with Crippen molar-refractivity contribution in [2.45, 2.75) is 51.2 Å². The molecule has 8 nitrogen and oxygen atoms in total. The van der Waals surface area contributed by atoms with Crippen molar-refractivity contribution in [1.82, 2.24) is 0 Å². The van der Waals surface area contributed by atoms with Gasteiger partial charge < -0.3 is 16.4 Å². The largest absolute Gasteiger partial charge is 0.365 e. The Balaban J connectivity index is 1.68. The number of amides is 3. The molecule has 2 aromatic rings. The molecule has 1 aliphatic rings. The third-order valence-corrected chi connectivity index (χ3v) is 8.70. The van der Waals surface area contributed by atoms with Gasteiger partial charge in [0.25, 0.3) is 5.91 Å². The Kier molecular flexibility index (Phi) is 7.35. The molecular formula is C22H27N3O5S2. The first kappa shape index (κ1) is 23.9. The zero-order valence-corrected chi connectivity index (χ0v) is 19.7. The molecule has 10 heteroatoms. The molecule has 3 amide bonds. The third kappa shape index (κ3) is 5.36. The van der Waals surface area contributed by atoms with Crippen LogP contribution in [0, 0.1) is 0 Å². The molecule has 1 aromatic carbocycles. The second-order valence-electron chi connectivity index (χ2n) is 7.82. The maximum absolute atomic E-state index is 12.7. The number of rotatable bonds is 8. The highest BCUT2D eigenvalue weighted by molar-refractivity contribution is 7.93. The summed E-state index contributed by atoms with van der Waals surface area (Å²) >= 11 is 1.26. The van der Waals surface area contributed by atoms with Gasteiger partial charge in [-0.1, -0.05) is 19.1 Å². The van der Waals surface area contributed by atoms with Gasteiger partial charge in [-0.25, -0.2) is 8.42 Å². The van der Waals surface area contributed by atoms with Crippen LogP contribution in [0.1, 0.15) is 53.1 Å². The summed E-state index contributed by atoms with van der Waals surface area (Å²) in [6.45, 7) is 3.23. The van der Waals surface area contributed by atoms with Gasteiger partial charge in [-0.05, 0) is 62.3 Å². The summed E-state index contributed by atoms with van der Waals surface area (Å²) in [7, 11) is -4.08. The van der Waals surface area contributed by atoms with E-state index in [0.717, 1.165) is 41.7 Å². The van der Waals surface area contributed by atoms with Crippen molar-refractivity contribution in [2.24, 2.45) is 5.73 Å². The Morgan fingerprint density at radius 2 is 1.75 bits per heavy atom. The maximum atomic E-state index is 12.7. The van der Waals surface area contributed by atoms with E-state index < -0.39 is 38.6 Å². The van der Waals surface area contributed by atoms with Crippen LogP contribution in [0.4, 0.5) is 10.7 Å². The van der Waals surface area contributed by atoms with E-state index in [-0.39, 0.29) is 10.6 Å². The predicted octanol–water partition coefficient (Wildman–Crippen LogP) is 2.67. The molecular weight excluding hydrogens is 450 g/mol. The number of nitrogens with two attached hydrogens (primary N) is 1. The summed E-state index contributed by atoms with van der Waals surface area (Å²) in [6, 6.07) is 7.08. The Hall–Kier alpha value is -2.72. The lowest BCUT2D eigenvalue weighted by Crippen LogP contribution is -2.37. The monoisotopic (exact) mass is 477 g/mol. The van der Waals surface area contributed by atoms with Crippen LogP contribution < -0.4 is 16.4 Å². The number of aryl methyl sites for hydroxylation is 2. The molecule has 0 radical (unpaired) electrons. The molecule has 1 aliphatic carbocycles. The lowest BCUT2D eigenvalue weighted by Gasteiger charge is -2.14. The normalized spacial score (nSPS) is 14.3. The number of carbonyl (C=O) groups is 3. The number of thiophene rings is 1. The van der Waals surface area contributed by atoms with Gasteiger partial charge in [0, 0.05) is 10.6 Å². The van der Waals surface area contributed by atoms with Gasteiger partial charge in [-0.3, -0.25) is 14.4 Å². The van der Waals surface area contributed by atoms with Gasteiger partial charge in [-0.15, -0.1) is 11.3 Å². The standard InChI is InChI=1S/C22H27N3O5S2/c1-3-14-8-10-15(11-9-14)24-18(26)12-32(29,30)13(2)21(28)25-22-19(20(23)27)16-6-4-5-7-17(16)31-22/h8-11,13H,3-7,12H2,1-2H3,(H2,23,27)(H,24,26)(H,25,28). The third-order valence-electron chi connectivity index (χ3n) is 5.54. The minimum atomic E-state index is -4.08. The average Bonchev–Trinajstić information content (AvgIpc) is 3.11. The first-order chi connectivity index (χ1) is 15.1. The maximum Gasteiger partial charge on any atom is 0.251 e. The summed E-state index contributed by atoms with van der Waals surface area (Å²) in [5.74, 6) is -3.01. The fourth-order valence-electron chi connectivity index (χ4n) is 3.62. The molecule has 0 bridgehead atoms. The van der Waals surface area contributed by atoms with Gasteiger partial charge >= 0.3 is 0 Å². The highest BCUT2D eigenvalue weighted by Gasteiger charge is 2.32. The van der Waals surface area contributed by atoms with Crippen molar-refractivity contribution in [2.75, 3.05) is 16.4 Å². The number of carbonyl (C=O) groups excluding carboxylic acids is 3. The van der Waals surface area contributed by atoms with Crippen LogP contribution in [0.2, 0.25) is 0 Å². The van der Waals surface area contributed by atoms with Crippen LogP contribution in [-0.4, -0.2) is 37.1 Å². The molecule has 4 N–H and O–H groups in total. The second kappa shape index (κ2) is 9.83. The molecule has 3 rings (SSSR count). The van der Waals surface area contributed by atoms with Crippen LogP contribution in [0.5, 0.6) is 0 Å². The van der Waals surface area contributed by atoms with E-state index in [2.05, 4.69) is 10.6 Å². The van der Waals surface area contributed by atoms with Gasteiger partial charge in [-0.2, -0.15) is 0 Å². The lowest BCUT2D eigenvalue weighted by atomic mass is 9.95. The molecule has 1 unspecified atom stereocenters. The van der Waals surface area contributed by atoms with E-state index in [4.69, 9.17) is 5.73 Å². The minimum Gasteiger partial charge on any atom is -0.365 e. The molecule has 0 fully saturated rings. The molecule has 1 heterocycles. The van der Waals surface area contributed by atoms with Crippen molar-refractivity contribution < 1.29 is 22.8 Å². The highest BCUT2D eigenvalue weighted by atomic mass is 32.2. The van der Waals surface area contributed by atoms with E-state index in [1.807, 2.05) is 19.1 Å². The summed E-state index contributed by atoms with van der Waals surface area (Å²) in [5.41, 5.74) is 8.19. The molecule has 1 aromatic heterocycles. The molecule has 0 saturated heterocycles. The van der Waals surface area contributed by atoms with Gasteiger partial charge in [0.05, 0.1) is 5.56 Å². The Morgan fingerprint density at radius 3 is 2.38 bits per heavy atom. The highest BCUT2D eigenvalue weighted by Crippen LogP contribution is 2.38. The van der Waals surface area contributed by atoms with Crippen molar-refractivity contribution in [1.29, 1.82) is 0 Å². The summed E-state index contributed by atoms with van der Waals surface area (Å²) in [5, 5.41) is 3.90. The number of fused-ring (bicyclic) bond motifs is 1. The first-order valence-corrected chi connectivity index (χ1v) is 13.0. The average molecular weight is 478 g/mol. The van der Waals surface area contributed by atoms with Crippen molar-refractivity contribution >= 4 is 49.6 Å². The van der Waals surface area contributed by atoms with Crippen molar-refractivity contribution in [3.05, 3.63) is 45.8 Å². The van der Waals surface area contributed by atoms with E-state index in [9.17, 15) is 22.8 Å². The molecule has 0 aliphatic heterocycles. The van der Waals surface area contributed by atoms with E-state index >= 15 is 0 Å². The number of nitrogens with one attached hydrogen (secondary N) is 2. The molecule has 1 atom stereocenters. The van der Waals surface area contributed by atoms with Crippen molar-refractivity contribution in [3.63, 3.8) is 0 Å². The molecule has 32 heavy (non-hydrogen) atoms. The minimum absolute atomic E-state index is 0.260. The van der Waals surface area contributed by atoms with Crippen LogP contribution in [0.25, 0.3) is 0 Å². The smallest absolute Gasteiger partial charge is 0.251 e. The van der Waals surface area contributed by atoms with Crippen LogP contribution in [0.3, 0.4) is 0 Å². The number of primary amides is 1. The number of hydrogen-bond donors (Lipinski definition) is 3. The van der Waals surface area contributed by atoms with E-state index in [1.165, 1.54) is 18.3 Å². The fourth-order valence-corrected chi connectivity index (χ4v) is 5.99. The molecule has 172 valence electrons. The number of benzene rings is 1. The zero-order valence-electron chi connectivity index (χ0n) is 18.1.